The molecule has 8 aromatic rings. The fourth-order valence-corrected chi connectivity index (χ4v) is 6.38. The van der Waals surface area contributed by atoms with E-state index in [-0.39, 0.29) is 5.56 Å². The molecule has 0 amide bonds. The Bertz CT molecular complexity index is 2380. The van der Waals surface area contributed by atoms with Crippen LogP contribution in [0.3, 0.4) is 0 Å². The maximum Gasteiger partial charge on any atom is 0.263 e. The van der Waals surface area contributed by atoms with Crippen molar-refractivity contribution < 1.29 is 0 Å². The molecule has 0 bridgehead atoms. The van der Waals surface area contributed by atoms with Gasteiger partial charge in [-0.1, -0.05) is 91.9 Å². The number of para-hydroxylation sites is 2. The van der Waals surface area contributed by atoms with Gasteiger partial charge >= 0.3 is 0 Å². The maximum atomic E-state index is 14.0. The predicted octanol–water partition coefficient (Wildman–Crippen LogP) is 9.38. The minimum atomic E-state index is -0.0259. The summed E-state index contributed by atoms with van der Waals surface area (Å²) in [5.41, 5.74) is 9.38. The van der Waals surface area contributed by atoms with Gasteiger partial charge in [0.1, 0.15) is 5.82 Å². The molecule has 44 heavy (non-hydrogen) atoms. The van der Waals surface area contributed by atoms with E-state index in [2.05, 4.69) is 96.4 Å². The Morgan fingerprint density at radius 3 is 1.89 bits per heavy atom. The molecule has 0 saturated carbocycles. The highest BCUT2D eigenvalue weighted by Gasteiger charge is 2.15. The number of nitrogens with zero attached hydrogens (tertiary/aromatic N) is 3. The molecule has 0 N–H and O–H groups in total. The van der Waals surface area contributed by atoms with Gasteiger partial charge < -0.3 is 0 Å². The summed E-state index contributed by atoms with van der Waals surface area (Å²) in [6.07, 6.45) is 0.821. The highest BCUT2D eigenvalue weighted by Crippen LogP contribution is 2.32. The number of aryl methyl sites for hydroxylation is 1. The van der Waals surface area contributed by atoms with Crippen LogP contribution in [0.5, 0.6) is 0 Å². The van der Waals surface area contributed by atoms with Gasteiger partial charge in [0.2, 0.25) is 0 Å². The summed E-state index contributed by atoms with van der Waals surface area (Å²) in [6, 6.07) is 49.9. The van der Waals surface area contributed by atoms with Crippen LogP contribution in [0.15, 0.2) is 150 Å². The van der Waals surface area contributed by atoms with Crippen LogP contribution in [0, 0.1) is 0 Å². The summed E-state index contributed by atoms with van der Waals surface area (Å²) in [4.78, 5) is 18.9. The van der Waals surface area contributed by atoms with E-state index in [4.69, 9.17) is 4.98 Å². The lowest BCUT2D eigenvalue weighted by Gasteiger charge is -2.16. The van der Waals surface area contributed by atoms with Crippen molar-refractivity contribution in [3.63, 3.8) is 0 Å². The zero-order chi connectivity index (χ0) is 29.6. The van der Waals surface area contributed by atoms with Crippen LogP contribution in [-0.4, -0.2) is 14.1 Å². The average Bonchev–Trinajstić information content (AvgIpc) is 3.48. The molecule has 2 aromatic heterocycles. The number of pyridine rings is 1. The molecule has 0 unspecified atom stereocenters. The molecule has 4 nitrogen and oxygen atoms in total. The first kappa shape index (κ1) is 25.9. The normalized spacial score (nSPS) is 11.5. The molecule has 0 aliphatic heterocycles. The largest absolute Gasteiger partial charge is 0.296 e. The van der Waals surface area contributed by atoms with E-state index < -0.39 is 0 Å². The van der Waals surface area contributed by atoms with E-state index in [1.54, 1.807) is 0 Å². The Kier molecular flexibility index (Phi) is 6.20. The van der Waals surface area contributed by atoms with Crippen molar-refractivity contribution in [3.8, 4) is 33.6 Å². The van der Waals surface area contributed by atoms with E-state index in [0.29, 0.717) is 5.39 Å². The lowest BCUT2D eigenvalue weighted by molar-refractivity contribution is 0.907. The van der Waals surface area contributed by atoms with Crippen molar-refractivity contribution in [1.82, 2.24) is 14.1 Å². The predicted molar refractivity (Wildman–Crippen MR) is 182 cm³/mol. The number of fused-ring (bicyclic) bond motifs is 4. The lowest BCUT2D eigenvalue weighted by Crippen LogP contribution is -2.19. The number of aromatic nitrogens is 3. The molecule has 210 valence electrons. The van der Waals surface area contributed by atoms with Crippen LogP contribution in [0.4, 0.5) is 0 Å². The van der Waals surface area contributed by atoms with Crippen molar-refractivity contribution in [3.05, 3.63) is 162 Å². The molecule has 2 heterocycles. The zero-order valence-corrected chi connectivity index (χ0v) is 24.3. The standard InChI is InChI=1S/C40H29N3O/c1-2-39-41-36-17-8-9-18-38(36)42(39)31-20-22-32(23-21-31)43-37-24-19-30(26-35(37)33-15-6-7-16-34(33)40(43)44)29-14-10-13-28(25-29)27-11-4-3-5-12-27/h3-26H,2H2,1H3. The summed E-state index contributed by atoms with van der Waals surface area (Å²) in [5, 5.41) is 2.70. The fourth-order valence-electron chi connectivity index (χ4n) is 6.38. The summed E-state index contributed by atoms with van der Waals surface area (Å²) >= 11 is 0. The van der Waals surface area contributed by atoms with Gasteiger partial charge in [0, 0.05) is 28.6 Å². The van der Waals surface area contributed by atoms with Gasteiger partial charge in [0.05, 0.1) is 16.6 Å². The molecular formula is C40H29N3O. The third-order valence-electron chi connectivity index (χ3n) is 8.50. The van der Waals surface area contributed by atoms with Crippen LogP contribution in [-0.2, 0) is 6.42 Å². The molecule has 0 atom stereocenters. The minimum Gasteiger partial charge on any atom is -0.296 e. The lowest BCUT2D eigenvalue weighted by atomic mass is 9.96. The molecule has 0 aliphatic carbocycles. The smallest absolute Gasteiger partial charge is 0.263 e. The van der Waals surface area contributed by atoms with Crippen molar-refractivity contribution in [2.45, 2.75) is 13.3 Å². The first-order chi connectivity index (χ1) is 21.7. The monoisotopic (exact) mass is 567 g/mol. The SMILES string of the molecule is CCc1nc2ccccc2n1-c1ccc(-n2c(=O)c3ccccc3c3cc(-c4cccc(-c5ccccc5)c4)ccc32)cc1. The molecule has 0 fully saturated rings. The van der Waals surface area contributed by atoms with E-state index in [1.165, 1.54) is 11.1 Å². The Morgan fingerprint density at radius 2 is 1.11 bits per heavy atom. The van der Waals surface area contributed by atoms with Crippen LogP contribution >= 0.6 is 0 Å². The van der Waals surface area contributed by atoms with Crippen molar-refractivity contribution in [2.24, 2.45) is 0 Å². The molecule has 4 heteroatoms. The Morgan fingerprint density at radius 1 is 0.500 bits per heavy atom. The number of hydrogen-bond donors (Lipinski definition) is 0. The second-order valence-electron chi connectivity index (χ2n) is 11.1. The highest BCUT2D eigenvalue weighted by atomic mass is 16.1. The number of hydrogen-bond acceptors (Lipinski definition) is 2. The summed E-state index contributed by atoms with van der Waals surface area (Å²) in [7, 11) is 0. The van der Waals surface area contributed by atoms with Gasteiger partial charge in [-0.05, 0) is 88.3 Å². The molecule has 8 rings (SSSR count). The molecule has 0 aliphatic rings. The van der Waals surface area contributed by atoms with Crippen LogP contribution in [0.1, 0.15) is 12.7 Å². The summed E-state index contributed by atoms with van der Waals surface area (Å²) < 4.78 is 4.05. The summed E-state index contributed by atoms with van der Waals surface area (Å²) in [5.74, 6) is 1.01. The van der Waals surface area contributed by atoms with Crippen LogP contribution < -0.4 is 5.56 Å². The number of rotatable bonds is 5. The van der Waals surface area contributed by atoms with Crippen molar-refractivity contribution in [2.75, 3.05) is 0 Å². The third kappa shape index (κ3) is 4.23. The van der Waals surface area contributed by atoms with Crippen molar-refractivity contribution >= 4 is 32.7 Å². The Labute approximate surface area is 255 Å². The van der Waals surface area contributed by atoms with Crippen molar-refractivity contribution in [1.29, 1.82) is 0 Å². The van der Waals surface area contributed by atoms with E-state index in [9.17, 15) is 4.79 Å². The highest BCUT2D eigenvalue weighted by molar-refractivity contribution is 6.07. The third-order valence-corrected chi connectivity index (χ3v) is 8.50. The topological polar surface area (TPSA) is 39.8 Å². The first-order valence-corrected chi connectivity index (χ1v) is 15.0. The molecular weight excluding hydrogens is 538 g/mol. The van der Waals surface area contributed by atoms with Crippen LogP contribution in [0.2, 0.25) is 0 Å². The minimum absolute atomic E-state index is 0.0259. The second-order valence-corrected chi connectivity index (χ2v) is 11.1. The van der Waals surface area contributed by atoms with E-state index in [0.717, 1.165) is 62.1 Å². The van der Waals surface area contributed by atoms with E-state index in [1.807, 2.05) is 65.2 Å². The van der Waals surface area contributed by atoms with Gasteiger partial charge in [-0.15, -0.1) is 0 Å². The van der Waals surface area contributed by atoms with Gasteiger partial charge in [0.25, 0.3) is 5.56 Å². The number of benzene rings is 6. The van der Waals surface area contributed by atoms with Gasteiger partial charge in [-0.3, -0.25) is 13.9 Å². The quantitative estimate of drug-likeness (QED) is 0.194. The first-order valence-electron chi connectivity index (χ1n) is 15.0. The second kappa shape index (κ2) is 10.5. The Hall–Kier alpha value is -5.74. The molecule has 0 saturated heterocycles. The number of imidazole rings is 1. The fraction of sp³-hybridized carbons (Fsp3) is 0.0500. The molecule has 0 spiro atoms. The maximum absolute atomic E-state index is 14.0. The van der Waals surface area contributed by atoms with Crippen LogP contribution in [0.25, 0.3) is 66.3 Å². The van der Waals surface area contributed by atoms with Gasteiger partial charge in [0.15, 0.2) is 0 Å². The molecule has 6 aromatic carbocycles. The zero-order valence-electron chi connectivity index (χ0n) is 24.3. The Balaban J connectivity index is 1.29. The van der Waals surface area contributed by atoms with Gasteiger partial charge in [-0.25, -0.2) is 4.98 Å². The summed E-state index contributed by atoms with van der Waals surface area (Å²) in [6.45, 7) is 2.12. The van der Waals surface area contributed by atoms with Gasteiger partial charge in [-0.2, -0.15) is 0 Å². The molecule has 0 radical (unpaired) electrons. The average molecular weight is 568 g/mol. The van der Waals surface area contributed by atoms with E-state index >= 15 is 0 Å².